The van der Waals surface area contributed by atoms with Crippen LogP contribution in [0.5, 0.6) is 11.5 Å². The summed E-state index contributed by atoms with van der Waals surface area (Å²) in [4.78, 5) is 209. The van der Waals surface area contributed by atoms with Gasteiger partial charge >= 0.3 is 17.9 Å². The van der Waals surface area contributed by atoms with Crippen LogP contribution in [0.3, 0.4) is 0 Å². The zero-order valence-electron chi connectivity index (χ0n) is 68.3. The third-order valence-electron chi connectivity index (χ3n) is 19.8. The van der Waals surface area contributed by atoms with E-state index < -0.39 is 199 Å². The van der Waals surface area contributed by atoms with Crippen molar-refractivity contribution in [1.29, 1.82) is 10.8 Å². The second kappa shape index (κ2) is 51.1. The van der Waals surface area contributed by atoms with Crippen LogP contribution in [-0.2, 0) is 99.2 Å². The van der Waals surface area contributed by atoms with Gasteiger partial charge in [0.15, 0.2) is 11.9 Å². The second-order valence-electron chi connectivity index (χ2n) is 29.6. The normalized spacial score (nSPS) is 14.2. The van der Waals surface area contributed by atoms with Gasteiger partial charge in [0.2, 0.25) is 65.0 Å². The number of aliphatic hydroxyl groups is 1. The summed E-state index contributed by atoms with van der Waals surface area (Å²) in [5, 5.41) is 110. The highest BCUT2D eigenvalue weighted by Crippen LogP contribution is 2.22. The fourth-order valence-electron chi connectivity index (χ4n) is 13.0. The molecule has 13 atom stereocenters. The molecule has 0 unspecified atom stereocenters. The van der Waals surface area contributed by atoms with Gasteiger partial charge in [0, 0.05) is 74.9 Å². The third kappa shape index (κ3) is 34.4. The quantitative estimate of drug-likeness (QED) is 0.00985. The zero-order chi connectivity index (χ0) is 91.0. The number of nitrogens with two attached hydrogens (primary N) is 5. The number of aliphatic hydroxyl groups excluding tert-OH is 1. The van der Waals surface area contributed by atoms with Crippen LogP contribution in [0.4, 0.5) is 0 Å². The highest BCUT2D eigenvalue weighted by molar-refractivity contribution is 6.01. The number of hydrogen-bond acceptors (Lipinski definition) is 23. The molecule has 4 aromatic carbocycles. The lowest BCUT2D eigenvalue weighted by Gasteiger charge is -2.28. The predicted octanol–water partition coefficient (Wildman–Crippen LogP) is -3.93. The Balaban J connectivity index is 1.31. The SMILES string of the molecule is C[C@@H](O)[C@H](N)C(=O)N[C@@H](Cc1ccc(O)cc1)C(=O)N[C@@H](CCCNC(=N)N)C(=O)N[C@H](CCCCN)C(=O)N[C@@H](Cc1c[nH]c2ccccc12)C(=O)N[C@@H](Cc1ccc(O)cc1)C(=O)N[C@@H](CCC(=O)O)C(=O)N[C@@H](CC(=O)O)C(=O)N[C@H](CCCCN)C(=O)N[C@H](CCCNC(=N)N)C(=O)N[C@@H](Cc1c[nH]cn1)C(=O)N[C@@H](Cc1ccccc1)C(=O)O. The number of benzene rings is 4. The molecule has 11 amide bonds. The molecule has 0 bridgehead atoms. The summed E-state index contributed by atoms with van der Waals surface area (Å²) < 4.78 is 0. The van der Waals surface area contributed by atoms with E-state index >= 15 is 14.4 Å². The molecule has 6 aromatic rings. The van der Waals surface area contributed by atoms with E-state index in [0.717, 1.165) is 0 Å². The van der Waals surface area contributed by atoms with E-state index in [1.165, 1.54) is 68.0 Å². The lowest BCUT2D eigenvalue weighted by atomic mass is 10.00. The summed E-state index contributed by atoms with van der Waals surface area (Å²) >= 11 is 0. The van der Waals surface area contributed by atoms with Crippen molar-refractivity contribution in [3.63, 3.8) is 0 Å². The highest BCUT2D eigenvalue weighted by Gasteiger charge is 2.39. The first kappa shape index (κ1) is 99.0. The van der Waals surface area contributed by atoms with Crippen LogP contribution in [0.2, 0.25) is 0 Å². The van der Waals surface area contributed by atoms with Crippen LogP contribution >= 0.6 is 0 Å². The Kier molecular flexibility index (Phi) is 40.8. The average molecular weight is 1730 g/mol. The Labute approximate surface area is 712 Å². The van der Waals surface area contributed by atoms with Crippen molar-refractivity contribution >= 4 is 106 Å². The van der Waals surface area contributed by atoms with Crippen molar-refractivity contribution in [2.24, 2.45) is 28.7 Å². The fraction of sp³-hybridized carbons (Fsp3) is 0.444. The van der Waals surface area contributed by atoms with Crippen molar-refractivity contribution in [2.75, 3.05) is 26.2 Å². The number of aliphatic carboxylic acids is 3. The summed E-state index contributed by atoms with van der Waals surface area (Å²) in [5.74, 6) is -17.7. The molecule has 2 heterocycles. The van der Waals surface area contributed by atoms with Gasteiger partial charge in [0.05, 0.1) is 24.5 Å². The van der Waals surface area contributed by atoms with E-state index in [2.05, 4.69) is 84.1 Å². The molecular formula is C81H113N23O20. The molecule has 0 saturated carbocycles. The van der Waals surface area contributed by atoms with Gasteiger partial charge in [-0.1, -0.05) is 72.8 Å². The number of unbranched alkanes of at least 4 members (excludes halogenated alkanes) is 2. The first-order chi connectivity index (χ1) is 59.1. The van der Waals surface area contributed by atoms with Crippen molar-refractivity contribution in [3.05, 3.63) is 150 Å². The van der Waals surface area contributed by atoms with Gasteiger partial charge in [0.1, 0.15) is 84.0 Å². The lowest BCUT2D eigenvalue weighted by Crippen LogP contribution is -2.61. The molecule has 124 heavy (non-hydrogen) atoms. The molecule has 43 heteroatoms. The summed E-state index contributed by atoms with van der Waals surface area (Å²) in [6, 6.07) is 6.10. The van der Waals surface area contributed by atoms with Crippen molar-refractivity contribution in [3.8, 4) is 11.5 Å². The van der Waals surface area contributed by atoms with Gasteiger partial charge < -0.3 is 138 Å². The number of carboxylic acid groups (broad SMARTS) is 3. The molecule has 0 fully saturated rings. The molecule has 0 aliphatic heterocycles. The molecule has 33 N–H and O–H groups in total. The number of amides is 11. The molecule has 672 valence electrons. The maximum Gasteiger partial charge on any atom is 0.326 e. The number of nitrogens with one attached hydrogen (secondary N) is 17. The Morgan fingerprint density at radius 1 is 0.411 bits per heavy atom. The lowest BCUT2D eigenvalue weighted by molar-refractivity contribution is -0.142. The van der Waals surface area contributed by atoms with Crippen molar-refractivity contribution in [1.82, 2.24) is 84.1 Å². The number of fused-ring (bicyclic) bond motifs is 1. The molecule has 0 spiro atoms. The van der Waals surface area contributed by atoms with Crippen molar-refractivity contribution < 1.29 is 97.8 Å². The number of nitrogens with zero attached hydrogens (tertiary/aromatic N) is 1. The Morgan fingerprint density at radius 2 is 0.774 bits per heavy atom. The number of para-hydroxylation sites is 1. The van der Waals surface area contributed by atoms with Gasteiger partial charge in [-0.2, -0.15) is 0 Å². The van der Waals surface area contributed by atoms with Gasteiger partial charge in [-0.05, 0) is 143 Å². The topological polar surface area (TPSA) is 739 Å². The van der Waals surface area contributed by atoms with Gasteiger partial charge in [-0.25, -0.2) is 9.78 Å². The fourth-order valence-corrected chi connectivity index (χ4v) is 13.0. The van der Waals surface area contributed by atoms with E-state index in [9.17, 15) is 83.4 Å². The zero-order valence-corrected chi connectivity index (χ0v) is 68.3. The first-order valence-corrected chi connectivity index (χ1v) is 40.2. The number of carboxylic acids is 3. The van der Waals surface area contributed by atoms with E-state index in [4.69, 9.17) is 39.5 Å². The minimum atomic E-state index is -2.14. The van der Waals surface area contributed by atoms with Crippen molar-refractivity contribution in [2.45, 2.75) is 201 Å². The number of carbonyl (C=O) groups is 14. The predicted molar refractivity (Wildman–Crippen MR) is 450 cm³/mol. The molecule has 0 saturated heterocycles. The monoisotopic (exact) mass is 1730 g/mol. The molecule has 0 aliphatic carbocycles. The number of rotatable bonds is 55. The van der Waals surface area contributed by atoms with Gasteiger partial charge in [-0.15, -0.1) is 0 Å². The highest BCUT2D eigenvalue weighted by atomic mass is 16.4. The summed E-state index contributed by atoms with van der Waals surface area (Å²) in [6.07, 6.45) is -1.41. The maximum atomic E-state index is 15.4. The second-order valence-corrected chi connectivity index (χ2v) is 29.6. The van der Waals surface area contributed by atoms with E-state index in [1.807, 2.05) is 0 Å². The first-order valence-electron chi connectivity index (χ1n) is 40.2. The number of aromatic hydroxyl groups is 2. The van der Waals surface area contributed by atoms with E-state index in [-0.39, 0.29) is 132 Å². The van der Waals surface area contributed by atoms with E-state index in [0.29, 0.717) is 34.0 Å². The number of guanidine groups is 2. The van der Waals surface area contributed by atoms with Crippen LogP contribution in [0.25, 0.3) is 10.9 Å². The Morgan fingerprint density at radius 3 is 1.19 bits per heavy atom. The average Bonchev–Trinajstić information content (AvgIpc) is 1.64. The van der Waals surface area contributed by atoms with Crippen LogP contribution in [0, 0.1) is 10.8 Å². The minimum Gasteiger partial charge on any atom is -0.508 e. The molecule has 0 aliphatic rings. The van der Waals surface area contributed by atoms with E-state index in [1.54, 1.807) is 60.8 Å². The number of imidazole rings is 1. The number of aromatic nitrogens is 3. The smallest absolute Gasteiger partial charge is 0.326 e. The number of phenolic OH excluding ortho intramolecular Hbond substituents is 2. The number of phenols is 2. The molecule has 6 rings (SSSR count). The minimum absolute atomic E-state index is 0.00686. The van der Waals surface area contributed by atoms with Gasteiger partial charge in [-0.3, -0.25) is 73.1 Å². The maximum absolute atomic E-state index is 15.4. The largest absolute Gasteiger partial charge is 0.508 e. The standard InChI is InChI=1S/C81H113N23O20/c1-44(105)67(84)78(122)103-60(36-47-23-27-51(107)28-24-47)74(118)97-56(19-11-33-90-80(85)86)69(113)94-55(18-8-10-32-83)70(114)100-61(38-48-41-92-53-16-6-5-15-52(48)53)75(119)99-59(35-46-21-25-50(106)26-22-46)73(117)98-58(29-30-65(108)109)72(116)102-63(40-66(110)111)77(121)96-54(17-7-9-31-82)68(112)95-57(20-12-34-91-81(87)88)71(115)101-62(39-49-42-89-43-93-49)76(120)104-64(79(123)124)37-45-13-3-2-4-14-45/h2-6,13-16,21-28,41-44,54-64,67,92,105-107H,7-12,17-20,29-40,82-84H2,1H3,(H,89,93)(H,94,113)(H,95,112)(H,96,121)(H,97,118)(H,98,117)(H,99,119)(H,100,114)(H,101,115)(H,102,116)(H,103,122)(H,104,120)(H,108,109)(H,110,111)(H,123,124)(H4,85,86,90)(H4,87,88,91)/t44-,54-,55-,56+,57-,58+,59+,60+,61+,62+,63+,64+,67+/m1/s1. The number of aromatic amines is 2. The summed E-state index contributed by atoms with van der Waals surface area (Å²) in [5.41, 5.74) is 31.3. The van der Waals surface area contributed by atoms with Crippen LogP contribution < -0.4 is 97.8 Å². The molecule has 0 radical (unpaired) electrons. The number of H-pyrrole nitrogens is 2. The van der Waals surface area contributed by atoms with Crippen LogP contribution in [0.1, 0.15) is 118 Å². The van der Waals surface area contributed by atoms with Gasteiger partial charge in [0.25, 0.3) is 0 Å². The number of hydrogen-bond donors (Lipinski definition) is 28. The Bertz CT molecular complexity index is 4580. The molecular weight excluding hydrogens is 1620 g/mol. The van der Waals surface area contributed by atoms with Crippen LogP contribution in [-0.4, -0.2) is 245 Å². The van der Waals surface area contributed by atoms with Crippen LogP contribution in [0.15, 0.2) is 122 Å². The molecule has 43 nitrogen and oxygen atoms in total. The molecule has 2 aromatic heterocycles. The number of carbonyl (C=O) groups excluding carboxylic acids is 11. The third-order valence-corrected chi connectivity index (χ3v) is 19.8. The summed E-state index contributed by atoms with van der Waals surface area (Å²) in [7, 11) is 0. The Hall–Kier alpha value is -13.8. The summed E-state index contributed by atoms with van der Waals surface area (Å²) in [6.45, 7) is 1.43.